The van der Waals surface area contributed by atoms with Gasteiger partial charge in [0.1, 0.15) is 5.75 Å². The molecule has 0 heterocycles. The molecular weight excluding hydrogens is 288 g/mol. The molecule has 5 heteroatoms. The average molecular weight is 301 g/mol. The maximum Gasteiger partial charge on any atom is 0.379 e. The number of benzene rings is 1. The van der Waals surface area contributed by atoms with E-state index in [9.17, 15) is 9.59 Å². The number of aryl methyl sites for hydroxylation is 1. The van der Waals surface area contributed by atoms with Crippen LogP contribution in [0.2, 0.25) is 0 Å². The Morgan fingerprint density at radius 3 is 2.53 bits per heavy atom. The summed E-state index contributed by atoms with van der Waals surface area (Å²) in [5.74, 6) is -1.03. The van der Waals surface area contributed by atoms with E-state index in [-0.39, 0.29) is 12.2 Å². The van der Waals surface area contributed by atoms with Gasteiger partial charge in [0.05, 0.1) is 18.2 Å². The Kier molecular flexibility index (Phi) is 4.69. The maximum atomic E-state index is 11.8. The van der Waals surface area contributed by atoms with E-state index >= 15 is 0 Å². The first-order valence-electron chi connectivity index (χ1n) is 5.06. The van der Waals surface area contributed by atoms with Gasteiger partial charge in [0.25, 0.3) is 5.78 Å². The number of esters is 1. The second kappa shape index (κ2) is 5.82. The summed E-state index contributed by atoms with van der Waals surface area (Å²) in [5.41, 5.74) is 1.08. The molecule has 0 amide bonds. The zero-order chi connectivity index (χ0) is 13.0. The predicted molar refractivity (Wildman–Crippen MR) is 66.4 cm³/mol. The van der Waals surface area contributed by atoms with Crippen molar-refractivity contribution in [2.75, 3.05) is 13.7 Å². The van der Waals surface area contributed by atoms with Gasteiger partial charge in [0.2, 0.25) is 0 Å². The first-order chi connectivity index (χ1) is 8.01. The second-order valence-corrected chi connectivity index (χ2v) is 4.17. The lowest BCUT2D eigenvalue weighted by atomic mass is 10.1. The molecule has 92 valence electrons. The molecule has 0 aliphatic heterocycles. The van der Waals surface area contributed by atoms with Crippen molar-refractivity contribution in [2.45, 2.75) is 13.8 Å². The van der Waals surface area contributed by atoms with Crippen LogP contribution in [-0.4, -0.2) is 25.5 Å². The summed E-state index contributed by atoms with van der Waals surface area (Å²) in [7, 11) is 1.50. The van der Waals surface area contributed by atoms with Crippen molar-refractivity contribution < 1.29 is 19.1 Å². The molecule has 1 aromatic carbocycles. The van der Waals surface area contributed by atoms with E-state index in [1.54, 1.807) is 19.1 Å². The first-order valence-corrected chi connectivity index (χ1v) is 5.86. The van der Waals surface area contributed by atoms with E-state index in [4.69, 9.17) is 4.74 Å². The summed E-state index contributed by atoms with van der Waals surface area (Å²) in [4.78, 5) is 23.2. The molecule has 17 heavy (non-hydrogen) atoms. The van der Waals surface area contributed by atoms with Crippen LogP contribution in [0.15, 0.2) is 16.6 Å². The molecule has 1 aromatic rings. The highest BCUT2D eigenvalue weighted by atomic mass is 79.9. The van der Waals surface area contributed by atoms with Crippen LogP contribution in [0, 0.1) is 6.92 Å². The van der Waals surface area contributed by atoms with Crippen LogP contribution < -0.4 is 4.74 Å². The minimum absolute atomic E-state index is 0.172. The zero-order valence-corrected chi connectivity index (χ0v) is 11.5. The topological polar surface area (TPSA) is 52.6 Å². The van der Waals surface area contributed by atoms with Crippen LogP contribution in [0.3, 0.4) is 0 Å². The number of methoxy groups -OCH3 is 1. The van der Waals surface area contributed by atoms with Gasteiger partial charge in [-0.2, -0.15) is 0 Å². The maximum absolute atomic E-state index is 11.8. The van der Waals surface area contributed by atoms with Gasteiger partial charge in [-0.25, -0.2) is 4.79 Å². The highest BCUT2D eigenvalue weighted by molar-refractivity contribution is 9.10. The van der Waals surface area contributed by atoms with E-state index in [0.717, 1.165) is 5.56 Å². The van der Waals surface area contributed by atoms with Crippen molar-refractivity contribution in [3.8, 4) is 5.75 Å². The number of rotatable bonds is 4. The molecule has 0 saturated heterocycles. The molecule has 0 aliphatic rings. The molecular formula is C12H13BrO4. The van der Waals surface area contributed by atoms with Gasteiger partial charge < -0.3 is 9.47 Å². The van der Waals surface area contributed by atoms with Gasteiger partial charge in [-0.1, -0.05) is 0 Å². The van der Waals surface area contributed by atoms with E-state index in [0.29, 0.717) is 10.2 Å². The number of ketones is 1. The van der Waals surface area contributed by atoms with E-state index < -0.39 is 11.8 Å². The van der Waals surface area contributed by atoms with Crippen LogP contribution >= 0.6 is 15.9 Å². The number of hydrogen-bond acceptors (Lipinski definition) is 4. The van der Waals surface area contributed by atoms with E-state index in [1.165, 1.54) is 7.11 Å². The monoisotopic (exact) mass is 300 g/mol. The fourth-order valence-electron chi connectivity index (χ4n) is 1.36. The Morgan fingerprint density at radius 1 is 1.35 bits per heavy atom. The van der Waals surface area contributed by atoms with Crippen LogP contribution in [0.4, 0.5) is 0 Å². The molecule has 0 saturated carbocycles. The molecule has 1 rings (SSSR count). The van der Waals surface area contributed by atoms with Crippen molar-refractivity contribution in [1.29, 1.82) is 0 Å². The smallest absolute Gasteiger partial charge is 0.379 e. The van der Waals surface area contributed by atoms with Gasteiger partial charge >= 0.3 is 5.97 Å². The van der Waals surface area contributed by atoms with Gasteiger partial charge in [0.15, 0.2) is 0 Å². The quantitative estimate of drug-likeness (QED) is 0.487. The third-order valence-corrected chi connectivity index (χ3v) is 2.93. The van der Waals surface area contributed by atoms with Crippen LogP contribution in [0.5, 0.6) is 5.75 Å². The summed E-state index contributed by atoms with van der Waals surface area (Å²) in [6, 6.07) is 3.39. The van der Waals surface area contributed by atoms with Gasteiger partial charge in [0, 0.05) is 5.56 Å². The number of carbonyl (C=O) groups excluding carboxylic acids is 2. The first kappa shape index (κ1) is 13.7. The summed E-state index contributed by atoms with van der Waals surface area (Å²) < 4.78 is 10.2. The average Bonchev–Trinajstić information content (AvgIpc) is 2.31. The predicted octanol–water partition coefficient (Wildman–Crippen LogP) is 2.51. The third kappa shape index (κ3) is 3.06. The van der Waals surface area contributed by atoms with Crippen LogP contribution in [0.1, 0.15) is 22.8 Å². The number of Topliss-reactive ketones (excluding diaryl/α,β-unsaturated/α-hetero) is 1. The van der Waals surface area contributed by atoms with Crippen molar-refractivity contribution in [1.82, 2.24) is 0 Å². The summed E-state index contributed by atoms with van der Waals surface area (Å²) in [6.45, 7) is 3.64. The standard InChI is InChI=1S/C12H13BrO4/c1-4-17-12(15)11(14)8-5-7(2)6-9(16-3)10(8)13/h5-6H,4H2,1-3H3. The van der Waals surface area contributed by atoms with Gasteiger partial charge in [-0.05, 0) is 47.5 Å². The molecule has 0 bridgehead atoms. The largest absolute Gasteiger partial charge is 0.496 e. The third-order valence-electron chi connectivity index (χ3n) is 2.11. The van der Waals surface area contributed by atoms with Crippen LogP contribution in [-0.2, 0) is 9.53 Å². The number of carbonyl (C=O) groups is 2. The van der Waals surface area contributed by atoms with Crippen molar-refractivity contribution in [3.63, 3.8) is 0 Å². The van der Waals surface area contributed by atoms with E-state index in [2.05, 4.69) is 20.7 Å². The fraction of sp³-hybridized carbons (Fsp3) is 0.333. The molecule has 0 atom stereocenters. The van der Waals surface area contributed by atoms with E-state index in [1.807, 2.05) is 6.92 Å². The molecule has 0 aromatic heterocycles. The Hall–Kier alpha value is -1.36. The summed E-state index contributed by atoms with van der Waals surface area (Å²) in [5, 5.41) is 0. The van der Waals surface area contributed by atoms with Crippen molar-refractivity contribution in [3.05, 3.63) is 27.7 Å². The molecule has 0 unspecified atom stereocenters. The van der Waals surface area contributed by atoms with Crippen molar-refractivity contribution >= 4 is 27.7 Å². The normalized spacial score (nSPS) is 9.88. The van der Waals surface area contributed by atoms with Crippen molar-refractivity contribution in [2.24, 2.45) is 0 Å². The molecule has 0 spiro atoms. The highest BCUT2D eigenvalue weighted by Crippen LogP contribution is 2.30. The highest BCUT2D eigenvalue weighted by Gasteiger charge is 2.22. The minimum atomic E-state index is -0.860. The Bertz CT molecular complexity index is 454. The van der Waals surface area contributed by atoms with Gasteiger partial charge in [-0.15, -0.1) is 0 Å². The lowest BCUT2D eigenvalue weighted by Gasteiger charge is -2.09. The summed E-state index contributed by atoms with van der Waals surface area (Å²) in [6.07, 6.45) is 0. The Balaban J connectivity index is 3.17. The second-order valence-electron chi connectivity index (χ2n) is 3.38. The molecule has 0 radical (unpaired) electrons. The number of ether oxygens (including phenoxy) is 2. The molecule has 0 fully saturated rings. The Labute approximate surface area is 108 Å². The zero-order valence-electron chi connectivity index (χ0n) is 9.87. The Morgan fingerprint density at radius 2 is 2.00 bits per heavy atom. The molecule has 0 aliphatic carbocycles. The fourth-order valence-corrected chi connectivity index (χ4v) is 1.93. The van der Waals surface area contributed by atoms with Crippen LogP contribution in [0.25, 0.3) is 0 Å². The lowest BCUT2D eigenvalue weighted by Crippen LogP contribution is -2.18. The SMILES string of the molecule is CCOC(=O)C(=O)c1cc(C)cc(OC)c1Br. The summed E-state index contributed by atoms with van der Waals surface area (Å²) >= 11 is 3.24. The molecule has 0 N–H and O–H groups in total. The lowest BCUT2D eigenvalue weighted by molar-refractivity contribution is -0.137. The minimum Gasteiger partial charge on any atom is -0.496 e. The number of halogens is 1. The van der Waals surface area contributed by atoms with Gasteiger partial charge in [-0.3, -0.25) is 4.79 Å². The number of hydrogen-bond donors (Lipinski definition) is 0. The molecule has 4 nitrogen and oxygen atoms in total.